The van der Waals surface area contributed by atoms with Crippen molar-refractivity contribution in [2.24, 2.45) is 5.41 Å². The van der Waals surface area contributed by atoms with Gasteiger partial charge in [-0.1, -0.05) is 22.0 Å². The Morgan fingerprint density at radius 2 is 2.31 bits per heavy atom. The number of aliphatic carboxylic acids is 1. The molecule has 0 aliphatic carbocycles. The maximum Gasteiger partial charge on any atom is 0.313 e. The largest absolute Gasteiger partial charge is 0.481 e. The summed E-state index contributed by atoms with van der Waals surface area (Å²) < 4.78 is 13.7. The van der Waals surface area contributed by atoms with Gasteiger partial charge in [0.1, 0.15) is 5.82 Å². The molecule has 0 radical (unpaired) electrons. The molecular formula is C12H12BrFO2. The van der Waals surface area contributed by atoms with Crippen LogP contribution in [0, 0.1) is 11.2 Å². The Morgan fingerprint density at radius 3 is 2.81 bits per heavy atom. The van der Waals surface area contributed by atoms with Gasteiger partial charge in [0.2, 0.25) is 0 Å². The van der Waals surface area contributed by atoms with Gasteiger partial charge in [-0.3, -0.25) is 4.79 Å². The first kappa shape index (κ1) is 12.9. The monoisotopic (exact) mass is 286 g/mol. The molecule has 86 valence electrons. The summed E-state index contributed by atoms with van der Waals surface area (Å²) in [7, 11) is 0. The van der Waals surface area contributed by atoms with E-state index in [1.165, 1.54) is 18.2 Å². The van der Waals surface area contributed by atoms with Crippen molar-refractivity contribution in [2.45, 2.75) is 13.3 Å². The molecule has 1 aromatic rings. The van der Waals surface area contributed by atoms with Crippen LogP contribution in [0.4, 0.5) is 4.39 Å². The molecule has 16 heavy (non-hydrogen) atoms. The molecule has 1 atom stereocenters. The minimum atomic E-state index is -1.09. The molecule has 1 N–H and O–H groups in total. The first-order valence-electron chi connectivity index (χ1n) is 4.70. The highest BCUT2D eigenvalue weighted by Gasteiger charge is 2.30. The fourth-order valence-electron chi connectivity index (χ4n) is 1.31. The van der Waals surface area contributed by atoms with Crippen LogP contribution >= 0.6 is 15.9 Å². The lowest BCUT2D eigenvalue weighted by atomic mass is 9.84. The van der Waals surface area contributed by atoms with Crippen molar-refractivity contribution in [3.8, 4) is 0 Å². The molecule has 0 fully saturated rings. The van der Waals surface area contributed by atoms with E-state index in [0.29, 0.717) is 10.0 Å². The zero-order valence-electron chi connectivity index (χ0n) is 8.84. The molecule has 0 aliphatic rings. The smallest absolute Gasteiger partial charge is 0.313 e. The molecule has 0 saturated heterocycles. The lowest BCUT2D eigenvalue weighted by molar-refractivity contribution is -0.145. The molecule has 4 heteroatoms. The van der Waals surface area contributed by atoms with Crippen LogP contribution in [0.1, 0.15) is 12.5 Å². The lowest BCUT2D eigenvalue weighted by Gasteiger charge is -2.20. The summed E-state index contributed by atoms with van der Waals surface area (Å²) in [6.45, 7) is 5.07. The summed E-state index contributed by atoms with van der Waals surface area (Å²) in [5.41, 5.74) is -0.471. The fraction of sp³-hybridized carbons (Fsp3) is 0.250. The van der Waals surface area contributed by atoms with Crippen LogP contribution in [0.15, 0.2) is 35.3 Å². The fourth-order valence-corrected chi connectivity index (χ4v) is 1.70. The predicted octanol–water partition coefficient (Wildman–Crippen LogP) is 3.41. The maximum atomic E-state index is 13.0. The van der Waals surface area contributed by atoms with Gasteiger partial charge in [-0.15, -0.1) is 6.58 Å². The predicted molar refractivity (Wildman–Crippen MR) is 63.7 cm³/mol. The molecular weight excluding hydrogens is 275 g/mol. The molecule has 0 amide bonds. The number of carbonyl (C=O) groups is 1. The maximum absolute atomic E-state index is 13.0. The normalized spacial score (nSPS) is 14.2. The second kappa shape index (κ2) is 4.78. The molecule has 0 heterocycles. The van der Waals surface area contributed by atoms with Crippen molar-refractivity contribution in [2.75, 3.05) is 0 Å². The van der Waals surface area contributed by atoms with E-state index >= 15 is 0 Å². The van der Waals surface area contributed by atoms with Gasteiger partial charge in [-0.25, -0.2) is 4.39 Å². The Kier molecular flexibility index (Phi) is 3.86. The third-order valence-corrected chi connectivity index (χ3v) is 3.28. The number of benzene rings is 1. The lowest BCUT2D eigenvalue weighted by Crippen LogP contribution is -2.27. The van der Waals surface area contributed by atoms with Crippen LogP contribution in [-0.4, -0.2) is 11.1 Å². The first-order chi connectivity index (χ1) is 7.39. The average molecular weight is 287 g/mol. The standard InChI is InChI=1S/C12H12BrFO2/c1-3-12(2,11(15)16)7-8-6-9(14)4-5-10(8)13/h3-6H,1,7H2,2H3,(H,15,16). The van der Waals surface area contributed by atoms with Gasteiger partial charge in [0, 0.05) is 4.47 Å². The summed E-state index contributed by atoms with van der Waals surface area (Å²) in [6.07, 6.45) is 1.57. The van der Waals surface area contributed by atoms with Crippen molar-refractivity contribution in [3.05, 3.63) is 46.7 Å². The Labute approximate surface area is 102 Å². The Morgan fingerprint density at radius 1 is 1.69 bits per heavy atom. The molecule has 1 unspecified atom stereocenters. The second-order valence-electron chi connectivity index (χ2n) is 3.84. The van der Waals surface area contributed by atoms with E-state index in [2.05, 4.69) is 22.5 Å². The van der Waals surface area contributed by atoms with Crippen LogP contribution in [0.3, 0.4) is 0 Å². The minimum Gasteiger partial charge on any atom is -0.481 e. The summed E-state index contributed by atoms with van der Waals surface area (Å²) in [6, 6.07) is 4.21. The summed E-state index contributed by atoms with van der Waals surface area (Å²) in [4.78, 5) is 11.1. The van der Waals surface area contributed by atoms with Crippen LogP contribution < -0.4 is 0 Å². The SMILES string of the molecule is C=CC(C)(Cc1cc(F)ccc1Br)C(=O)O. The van der Waals surface area contributed by atoms with E-state index in [9.17, 15) is 9.18 Å². The molecule has 1 rings (SSSR count). The van der Waals surface area contributed by atoms with E-state index in [-0.39, 0.29) is 12.2 Å². The van der Waals surface area contributed by atoms with E-state index in [1.807, 2.05) is 0 Å². The Hall–Kier alpha value is -1.16. The Bertz CT molecular complexity index is 431. The zero-order valence-corrected chi connectivity index (χ0v) is 10.4. The van der Waals surface area contributed by atoms with Crippen LogP contribution in [0.25, 0.3) is 0 Å². The quantitative estimate of drug-likeness (QED) is 0.862. The van der Waals surface area contributed by atoms with Gasteiger partial charge in [0.05, 0.1) is 5.41 Å². The molecule has 0 saturated carbocycles. The first-order valence-corrected chi connectivity index (χ1v) is 5.49. The number of carboxylic acid groups (broad SMARTS) is 1. The molecule has 0 bridgehead atoms. The van der Waals surface area contributed by atoms with Crippen molar-refractivity contribution in [1.29, 1.82) is 0 Å². The van der Waals surface area contributed by atoms with Gasteiger partial charge < -0.3 is 5.11 Å². The third-order valence-electron chi connectivity index (χ3n) is 2.50. The molecule has 0 aliphatic heterocycles. The number of hydrogen-bond donors (Lipinski definition) is 1. The highest BCUT2D eigenvalue weighted by molar-refractivity contribution is 9.10. The van der Waals surface area contributed by atoms with Crippen molar-refractivity contribution >= 4 is 21.9 Å². The van der Waals surface area contributed by atoms with Gasteiger partial charge in [-0.2, -0.15) is 0 Å². The van der Waals surface area contributed by atoms with Crippen LogP contribution in [0.2, 0.25) is 0 Å². The highest BCUT2D eigenvalue weighted by atomic mass is 79.9. The number of halogens is 2. The van der Waals surface area contributed by atoms with E-state index in [0.717, 1.165) is 0 Å². The van der Waals surface area contributed by atoms with Gasteiger partial charge in [0.15, 0.2) is 0 Å². The van der Waals surface area contributed by atoms with Gasteiger partial charge in [-0.05, 0) is 37.1 Å². The highest BCUT2D eigenvalue weighted by Crippen LogP contribution is 2.28. The van der Waals surface area contributed by atoms with Gasteiger partial charge in [0.25, 0.3) is 0 Å². The van der Waals surface area contributed by atoms with Crippen LogP contribution in [0.5, 0.6) is 0 Å². The summed E-state index contributed by atoms with van der Waals surface area (Å²) in [5.74, 6) is -1.35. The number of hydrogen-bond acceptors (Lipinski definition) is 1. The number of rotatable bonds is 4. The van der Waals surface area contributed by atoms with Crippen molar-refractivity contribution in [1.82, 2.24) is 0 Å². The number of carboxylic acids is 1. The van der Waals surface area contributed by atoms with Crippen molar-refractivity contribution in [3.63, 3.8) is 0 Å². The zero-order chi connectivity index (χ0) is 12.3. The minimum absolute atomic E-state index is 0.199. The second-order valence-corrected chi connectivity index (χ2v) is 4.69. The third kappa shape index (κ3) is 2.70. The molecule has 0 aromatic heterocycles. The van der Waals surface area contributed by atoms with Gasteiger partial charge >= 0.3 is 5.97 Å². The van der Waals surface area contributed by atoms with Crippen molar-refractivity contribution < 1.29 is 14.3 Å². The van der Waals surface area contributed by atoms with E-state index in [1.54, 1.807) is 13.0 Å². The molecule has 1 aromatic carbocycles. The topological polar surface area (TPSA) is 37.3 Å². The Balaban J connectivity index is 3.07. The summed E-state index contributed by atoms with van der Waals surface area (Å²) in [5, 5.41) is 9.07. The molecule has 2 nitrogen and oxygen atoms in total. The van der Waals surface area contributed by atoms with E-state index in [4.69, 9.17) is 5.11 Å². The van der Waals surface area contributed by atoms with Crippen LogP contribution in [-0.2, 0) is 11.2 Å². The summed E-state index contributed by atoms with van der Waals surface area (Å²) >= 11 is 3.27. The molecule has 0 spiro atoms. The average Bonchev–Trinajstić information content (AvgIpc) is 2.23. The van der Waals surface area contributed by atoms with E-state index < -0.39 is 11.4 Å².